The monoisotopic (exact) mass is 154 g/mol. The smallest absolute Gasteiger partial charge is 0.494 e. The second-order valence-corrected chi connectivity index (χ2v) is 1.73. The van der Waals surface area contributed by atoms with E-state index in [1.165, 1.54) is 0 Å². The van der Waals surface area contributed by atoms with Crippen LogP contribution in [0, 0.1) is 0 Å². The Balaban J connectivity index is 2.67. The fraction of sp³-hybridized carbons (Fsp3) is 0.500. The molecule has 0 aromatic rings. The van der Waals surface area contributed by atoms with Crippen molar-refractivity contribution in [2.45, 2.75) is 6.30 Å². The predicted molar refractivity (Wildman–Crippen MR) is 26.6 cm³/mol. The first-order chi connectivity index (χ1) is 4.52. The first-order valence-electron chi connectivity index (χ1n) is 2.51. The molecular weight excluding hydrogens is 149 g/mol. The van der Waals surface area contributed by atoms with E-state index >= 15 is 0 Å². The van der Waals surface area contributed by atoms with Crippen molar-refractivity contribution in [1.29, 1.82) is 0 Å². The lowest BCUT2D eigenvalue weighted by Gasteiger charge is -2.20. The zero-order chi connectivity index (χ0) is 7.78. The summed E-state index contributed by atoms with van der Waals surface area (Å²) in [6.45, 7) is 0.00530. The summed E-state index contributed by atoms with van der Waals surface area (Å²) in [6.07, 6.45) is -3.51. The Labute approximate surface area is 54.7 Å². The van der Waals surface area contributed by atoms with Crippen molar-refractivity contribution in [1.82, 2.24) is 10.4 Å². The Kier molecular flexibility index (Phi) is 1.47. The molecule has 0 saturated heterocycles. The zero-order valence-corrected chi connectivity index (χ0v) is 4.81. The minimum Gasteiger partial charge on any atom is -0.494 e. The summed E-state index contributed by atoms with van der Waals surface area (Å²) in [5.41, 5.74) is 1.91. The van der Waals surface area contributed by atoms with Gasteiger partial charge in [0.05, 0.1) is 0 Å². The number of nitrogens with one attached hydrogen (secondary N) is 1. The summed E-state index contributed by atoms with van der Waals surface area (Å²) in [5.74, 6) is -0.799. The van der Waals surface area contributed by atoms with Crippen molar-refractivity contribution >= 4 is 0 Å². The Hall–Kier alpha value is -0.910. The second kappa shape index (κ2) is 2.05. The van der Waals surface area contributed by atoms with Crippen LogP contribution in [0.25, 0.3) is 0 Å². The average Bonchev–Trinajstić information content (AvgIpc) is 2.11. The van der Waals surface area contributed by atoms with Gasteiger partial charge in [0.15, 0.2) is 0 Å². The highest BCUT2D eigenvalue weighted by molar-refractivity contribution is 4.97. The van der Waals surface area contributed by atoms with Crippen LogP contribution in [0.5, 0.6) is 0 Å². The highest BCUT2D eigenvalue weighted by Crippen LogP contribution is 2.23. The molecule has 10 heavy (non-hydrogen) atoms. The number of hydrazine groups is 1. The van der Waals surface area contributed by atoms with E-state index in [2.05, 4.69) is 0 Å². The molecule has 0 saturated carbocycles. The highest BCUT2D eigenvalue weighted by Gasteiger charge is 2.40. The summed E-state index contributed by atoms with van der Waals surface area (Å²) in [6, 6.07) is 0. The minimum absolute atomic E-state index is 0.00530. The average molecular weight is 154 g/mol. The molecule has 1 aliphatic heterocycles. The van der Waals surface area contributed by atoms with Gasteiger partial charge in [0, 0.05) is 6.54 Å². The van der Waals surface area contributed by atoms with E-state index in [0.29, 0.717) is 0 Å². The number of aliphatic hydroxyl groups is 1. The molecule has 0 fully saturated rings. The molecule has 0 aromatic heterocycles. The molecule has 0 radical (unpaired) electrons. The Morgan fingerprint density at radius 3 is 2.40 bits per heavy atom. The van der Waals surface area contributed by atoms with E-state index in [4.69, 9.17) is 5.11 Å². The quantitative estimate of drug-likeness (QED) is 0.505. The molecule has 0 amide bonds. The molecular formula is C4H5F3N2O. The fourth-order valence-electron chi connectivity index (χ4n) is 0.620. The summed E-state index contributed by atoms with van der Waals surface area (Å²) >= 11 is 0. The number of hydrogen-bond donors (Lipinski definition) is 2. The molecule has 58 valence electrons. The van der Waals surface area contributed by atoms with Gasteiger partial charge >= 0.3 is 6.30 Å². The van der Waals surface area contributed by atoms with Crippen molar-refractivity contribution in [2.24, 2.45) is 0 Å². The molecule has 1 heterocycles. The molecule has 0 unspecified atom stereocenters. The van der Waals surface area contributed by atoms with Crippen molar-refractivity contribution in [2.75, 3.05) is 6.54 Å². The lowest BCUT2D eigenvalue weighted by Crippen LogP contribution is -2.43. The molecule has 3 nitrogen and oxygen atoms in total. The molecule has 6 heteroatoms. The summed E-state index contributed by atoms with van der Waals surface area (Å²) in [4.78, 5) is 0. The van der Waals surface area contributed by atoms with Gasteiger partial charge in [-0.1, -0.05) is 0 Å². The third-order valence-electron chi connectivity index (χ3n) is 1.02. The van der Waals surface area contributed by atoms with Crippen molar-refractivity contribution < 1.29 is 18.3 Å². The maximum Gasteiger partial charge on any atom is 0.501 e. The van der Waals surface area contributed by atoms with E-state index in [1.807, 2.05) is 5.43 Å². The number of rotatable bonds is 0. The number of hydrogen-bond acceptors (Lipinski definition) is 3. The van der Waals surface area contributed by atoms with Gasteiger partial charge in [-0.05, 0) is 6.08 Å². The number of nitrogens with zero attached hydrogens (tertiary/aromatic N) is 1. The van der Waals surface area contributed by atoms with Crippen LogP contribution in [-0.4, -0.2) is 23.0 Å². The van der Waals surface area contributed by atoms with Crippen LogP contribution in [0.4, 0.5) is 13.2 Å². The topological polar surface area (TPSA) is 35.5 Å². The lowest BCUT2D eigenvalue weighted by atomic mass is 10.6. The van der Waals surface area contributed by atoms with Gasteiger partial charge in [0.2, 0.25) is 5.88 Å². The molecule has 0 aromatic carbocycles. The van der Waals surface area contributed by atoms with Crippen LogP contribution in [0.1, 0.15) is 0 Å². The SMILES string of the molecule is OC1=CCNN1C(F)(F)F. The van der Waals surface area contributed by atoms with Gasteiger partial charge in [0.25, 0.3) is 0 Å². The minimum atomic E-state index is -4.54. The van der Waals surface area contributed by atoms with Crippen molar-refractivity contribution in [3.63, 3.8) is 0 Å². The van der Waals surface area contributed by atoms with Crippen LogP contribution in [0.3, 0.4) is 0 Å². The van der Waals surface area contributed by atoms with Crippen LogP contribution in [0.2, 0.25) is 0 Å². The van der Waals surface area contributed by atoms with Crippen molar-refractivity contribution in [3.05, 3.63) is 12.0 Å². The van der Waals surface area contributed by atoms with Gasteiger partial charge in [-0.15, -0.1) is 13.2 Å². The number of alkyl halides is 3. The van der Waals surface area contributed by atoms with Crippen LogP contribution < -0.4 is 5.43 Å². The normalized spacial score (nSPS) is 19.5. The third kappa shape index (κ3) is 1.15. The molecule has 0 atom stereocenters. The van der Waals surface area contributed by atoms with E-state index in [-0.39, 0.29) is 11.6 Å². The third-order valence-corrected chi connectivity index (χ3v) is 1.02. The maximum absolute atomic E-state index is 11.7. The Morgan fingerprint density at radius 2 is 2.20 bits per heavy atom. The standard InChI is InChI=1S/C4H5F3N2O/c5-4(6,7)9-3(10)1-2-8-9/h1,8,10H,2H2. The summed E-state index contributed by atoms with van der Waals surface area (Å²) in [7, 11) is 0. The number of aliphatic hydroxyl groups excluding tert-OH is 1. The van der Waals surface area contributed by atoms with E-state index in [9.17, 15) is 13.2 Å². The Morgan fingerprint density at radius 1 is 1.60 bits per heavy atom. The zero-order valence-electron chi connectivity index (χ0n) is 4.81. The molecule has 1 aliphatic rings. The summed E-state index contributed by atoms with van der Waals surface area (Å²) in [5, 5.41) is 8.29. The van der Waals surface area contributed by atoms with E-state index < -0.39 is 12.2 Å². The predicted octanol–water partition coefficient (Wildman–Crippen LogP) is 0.726. The van der Waals surface area contributed by atoms with Crippen LogP contribution in [0.15, 0.2) is 12.0 Å². The molecule has 1 rings (SSSR count). The van der Waals surface area contributed by atoms with Gasteiger partial charge in [-0.2, -0.15) is 5.01 Å². The van der Waals surface area contributed by atoms with E-state index in [0.717, 1.165) is 6.08 Å². The lowest BCUT2D eigenvalue weighted by molar-refractivity contribution is -0.255. The molecule has 2 N–H and O–H groups in total. The highest BCUT2D eigenvalue weighted by atomic mass is 19.4. The van der Waals surface area contributed by atoms with Crippen molar-refractivity contribution in [3.8, 4) is 0 Å². The van der Waals surface area contributed by atoms with Gasteiger partial charge in [-0.3, -0.25) is 0 Å². The maximum atomic E-state index is 11.7. The number of halogens is 3. The van der Waals surface area contributed by atoms with E-state index in [1.54, 1.807) is 0 Å². The van der Waals surface area contributed by atoms with Gasteiger partial charge < -0.3 is 5.11 Å². The fourth-order valence-corrected chi connectivity index (χ4v) is 0.620. The van der Waals surface area contributed by atoms with Gasteiger partial charge in [-0.25, -0.2) is 5.43 Å². The summed E-state index contributed by atoms with van der Waals surface area (Å²) < 4.78 is 35.0. The second-order valence-electron chi connectivity index (χ2n) is 1.73. The molecule has 0 aliphatic carbocycles. The Bertz CT molecular complexity index is 164. The van der Waals surface area contributed by atoms with Gasteiger partial charge in [0.1, 0.15) is 0 Å². The first-order valence-corrected chi connectivity index (χ1v) is 2.51. The first kappa shape index (κ1) is 7.20. The largest absolute Gasteiger partial charge is 0.501 e. The molecule has 0 bridgehead atoms. The van der Waals surface area contributed by atoms with Crippen LogP contribution in [-0.2, 0) is 0 Å². The van der Waals surface area contributed by atoms with Crippen LogP contribution >= 0.6 is 0 Å². The molecule has 0 spiro atoms.